The van der Waals surface area contributed by atoms with Crippen LogP contribution < -0.4 is 0 Å². The van der Waals surface area contributed by atoms with E-state index in [0.29, 0.717) is 0 Å². The van der Waals surface area contributed by atoms with Crippen LogP contribution in [0.15, 0.2) is 23.6 Å². The zero-order valence-corrected chi connectivity index (χ0v) is 6.95. The van der Waals surface area contributed by atoms with Crippen LogP contribution in [-0.4, -0.2) is 0 Å². The molecule has 0 bridgehead atoms. The quantitative estimate of drug-likeness (QED) is 0.528. The Morgan fingerprint density at radius 2 is 1.90 bits per heavy atom. The largest absolute Gasteiger partial charge is 0.212 e. The average Bonchev–Trinajstić information content (AvgIpc) is 1.87. The highest BCUT2D eigenvalue weighted by molar-refractivity contribution is 5.02. The molecule has 0 atom stereocenters. The summed E-state index contributed by atoms with van der Waals surface area (Å²) >= 11 is 0. The van der Waals surface area contributed by atoms with E-state index in [-0.39, 0.29) is 5.83 Å². The van der Waals surface area contributed by atoms with Gasteiger partial charge in [0.25, 0.3) is 0 Å². The van der Waals surface area contributed by atoms with Gasteiger partial charge < -0.3 is 0 Å². The lowest BCUT2D eigenvalue weighted by Gasteiger charge is -1.90. The van der Waals surface area contributed by atoms with Crippen LogP contribution in [0.2, 0.25) is 0 Å². The van der Waals surface area contributed by atoms with Crippen molar-refractivity contribution in [1.82, 2.24) is 0 Å². The van der Waals surface area contributed by atoms with Crippen LogP contribution in [0.25, 0.3) is 0 Å². The van der Waals surface area contributed by atoms with Crippen LogP contribution in [-0.2, 0) is 0 Å². The fraction of sp³-hybridized carbons (Fsp3) is 0.556. The van der Waals surface area contributed by atoms with E-state index in [0.717, 1.165) is 12.8 Å². The number of allylic oxidation sites excluding steroid dienone is 4. The van der Waals surface area contributed by atoms with Gasteiger partial charge in [0, 0.05) is 0 Å². The molecule has 0 aliphatic rings. The summed E-state index contributed by atoms with van der Waals surface area (Å²) in [5.41, 5.74) is 1.32. The normalized spacial score (nSPS) is 14.0. The van der Waals surface area contributed by atoms with Gasteiger partial charge in [0.1, 0.15) is 0 Å². The van der Waals surface area contributed by atoms with Crippen molar-refractivity contribution in [2.24, 2.45) is 0 Å². The van der Waals surface area contributed by atoms with E-state index in [9.17, 15) is 4.39 Å². The summed E-state index contributed by atoms with van der Waals surface area (Å²) in [6.07, 6.45) is 5.41. The molecule has 0 rings (SSSR count). The molecule has 0 fully saturated rings. The van der Waals surface area contributed by atoms with Gasteiger partial charge in [-0.1, -0.05) is 18.6 Å². The highest BCUT2D eigenvalue weighted by Crippen LogP contribution is 2.02. The van der Waals surface area contributed by atoms with Crippen LogP contribution in [0.1, 0.15) is 33.6 Å². The van der Waals surface area contributed by atoms with Gasteiger partial charge in [0.2, 0.25) is 0 Å². The van der Waals surface area contributed by atoms with Gasteiger partial charge in [0.15, 0.2) is 0 Å². The minimum Gasteiger partial charge on any atom is -0.212 e. The summed E-state index contributed by atoms with van der Waals surface area (Å²) in [5.74, 6) is -0.0971. The summed E-state index contributed by atoms with van der Waals surface area (Å²) in [6, 6.07) is 0. The van der Waals surface area contributed by atoms with Gasteiger partial charge in [-0.3, -0.25) is 0 Å². The van der Waals surface area contributed by atoms with Crippen molar-refractivity contribution in [3.05, 3.63) is 23.6 Å². The molecule has 0 aromatic carbocycles. The standard InChI is InChI=1S/C9H15F/c1-4-8(2)6-5-7-9(3)10/h6-7H,4-5H2,1-3H3/b8-6-,9-7+. The molecule has 0 unspecified atom stereocenters. The van der Waals surface area contributed by atoms with E-state index in [4.69, 9.17) is 0 Å². The van der Waals surface area contributed by atoms with Gasteiger partial charge in [0.05, 0.1) is 5.83 Å². The molecule has 0 saturated carbocycles. The van der Waals surface area contributed by atoms with Gasteiger partial charge in [-0.05, 0) is 32.8 Å². The average molecular weight is 142 g/mol. The Kier molecular flexibility index (Phi) is 4.91. The number of hydrogen-bond acceptors (Lipinski definition) is 0. The highest BCUT2D eigenvalue weighted by Gasteiger charge is 1.82. The fourth-order valence-electron chi connectivity index (χ4n) is 0.567. The molecule has 0 heterocycles. The molecule has 0 nitrogen and oxygen atoms in total. The molecule has 0 radical (unpaired) electrons. The molecule has 10 heavy (non-hydrogen) atoms. The molecule has 1 heteroatoms. The molecule has 0 aromatic rings. The lowest BCUT2D eigenvalue weighted by Crippen LogP contribution is -1.70. The summed E-state index contributed by atoms with van der Waals surface area (Å²) in [5, 5.41) is 0. The van der Waals surface area contributed by atoms with Crippen molar-refractivity contribution in [3.63, 3.8) is 0 Å². The molecule has 0 aliphatic carbocycles. The van der Waals surface area contributed by atoms with Crippen molar-refractivity contribution in [2.75, 3.05) is 0 Å². The lowest BCUT2D eigenvalue weighted by molar-refractivity contribution is 0.636. The second-order valence-electron chi connectivity index (χ2n) is 2.43. The summed E-state index contributed by atoms with van der Waals surface area (Å²) in [6.45, 7) is 5.62. The van der Waals surface area contributed by atoms with Gasteiger partial charge in [-0.15, -0.1) is 0 Å². The van der Waals surface area contributed by atoms with E-state index in [2.05, 4.69) is 13.8 Å². The number of halogens is 1. The first-order valence-electron chi connectivity index (χ1n) is 3.64. The van der Waals surface area contributed by atoms with E-state index < -0.39 is 0 Å². The van der Waals surface area contributed by atoms with Crippen molar-refractivity contribution >= 4 is 0 Å². The maximum Gasteiger partial charge on any atom is 0.0932 e. The predicted molar refractivity (Wildman–Crippen MR) is 43.5 cm³/mol. The predicted octanol–water partition coefficient (Wildman–Crippen LogP) is 3.61. The summed E-state index contributed by atoms with van der Waals surface area (Å²) in [7, 11) is 0. The molecule has 0 amide bonds. The third-order valence-corrected chi connectivity index (χ3v) is 1.42. The van der Waals surface area contributed by atoms with Crippen LogP contribution in [0.3, 0.4) is 0 Å². The second-order valence-corrected chi connectivity index (χ2v) is 2.43. The zero-order valence-electron chi connectivity index (χ0n) is 6.95. The smallest absolute Gasteiger partial charge is 0.0932 e. The first kappa shape index (κ1) is 9.41. The SMILES string of the molecule is CC/C(C)=C\C/C=C(\C)F. The third kappa shape index (κ3) is 5.54. The Morgan fingerprint density at radius 1 is 1.30 bits per heavy atom. The summed E-state index contributed by atoms with van der Waals surface area (Å²) < 4.78 is 12.1. The van der Waals surface area contributed by atoms with Crippen LogP contribution >= 0.6 is 0 Å². The Balaban J connectivity index is 3.63. The van der Waals surface area contributed by atoms with Crippen LogP contribution in [0, 0.1) is 0 Å². The number of hydrogen-bond donors (Lipinski definition) is 0. The van der Waals surface area contributed by atoms with Crippen molar-refractivity contribution in [3.8, 4) is 0 Å². The molecule has 0 saturated heterocycles. The zero-order chi connectivity index (χ0) is 7.98. The van der Waals surface area contributed by atoms with E-state index in [1.54, 1.807) is 6.08 Å². The topological polar surface area (TPSA) is 0 Å². The molecule has 0 aliphatic heterocycles. The first-order chi connectivity index (χ1) is 4.66. The van der Waals surface area contributed by atoms with E-state index >= 15 is 0 Å². The Morgan fingerprint density at radius 3 is 2.30 bits per heavy atom. The maximum absolute atomic E-state index is 12.1. The van der Waals surface area contributed by atoms with Crippen LogP contribution in [0.4, 0.5) is 4.39 Å². The Labute approximate surface area is 62.4 Å². The fourth-order valence-corrected chi connectivity index (χ4v) is 0.567. The second kappa shape index (κ2) is 5.21. The maximum atomic E-state index is 12.1. The Bertz CT molecular complexity index is 139. The van der Waals surface area contributed by atoms with Gasteiger partial charge >= 0.3 is 0 Å². The highest BCUT2D eigenvalue weighted by atomic mass is 19.1. The molecule has 0 aromatic heterocycles. The van der Waals surface area contributed by atoms with E-state index in [1.165, 1.54) is 12.5 Å². The molecule has 0 spiro atoms. The van der Waals surface area contributed by atoms with Crippen molar-refractivity contribution in [1.29, 1.82) is 0 Å². The van der Waals surface area contributed by atoms with Gasteiger partial charge in [-0.2, -0.15) is 0 Å². The van der Waals surface area contributed by atoms with Gasteiger partial charge in [-0.25, -0.2) is 4.39 Å². The molecular weight excluding hydrogens is 127 g/mol. The van der Waals surface area contributed by atoms with E-state index in [1.807, 2.05) is 6.08 Å². The lowest BCUT2D eigenvalue weighted by atomic mass is 10.2. The Hall–Kier alpha value is -0.590. The van der Waals surface area contributed by atoms with Crippen LogP contribution in [0.5, 0.6) is 0 Å². The summed E-state index contributed by atoms with van der Waals surface area (Å²) in [4.78, 5) is 0. The molecule has 0 N–H and O–H groups in total. The third-order valence-electron chi connectivity index (χ3n) is 1.42. The minimum absolute atomic E-state index is 0.0971. The minimum atomic E-state index is -0.0971. The number of rotatable bonds is 3. The first-order valence-corrected chi connectivity index (χ1v) is 3.64. The molecular formula is C9H15F. The van der Waals surface area contributed by atoms with Crippen molar-refractivity contribution < 1.29 is 4.39 Å². The molecule has 58 valence electrons. The monoisotopic (exact) mass is 142 g/mol. The van der Waals surface area contributed by atoms with Crippen molar-refractivity contribution in [2.45, 2.75) is 33.6 Å².